The van der Waals surface area contributed by atoms with Gasteiger partial charge in [0, 0.05) is 6.61 Å². The van der Waals surface area contributed by atoms with Crippen LogP contribution in [0.25, 0.3) is 0 Å². The molecule has 0 unspecified atom stereocenters. The zero-order valence-electron chi connectivity index (χ0n) is 14.3. The molecule has 0 bridgehead atoms. The van der Waals surface area contributed by atoms with Gasteiger partial charge < -0.3 is 4.43 Å². The van der Waals surface area contributed by atoms with E-state index >= 15 is 0 Å². The molecule has 1 nitrogen and oxygen atoms in total. The van der Waals surface area contributed by atoms with E-state index < -0.39 is 8.32 Å². The first-order chi connectivity index (χ1) is 9.62. The van der Waals surface area contributed by atoms with E-state index in [1.807, 2.05) is 0 Å². The lowest BCUT2D eigenvalue weighted by atomic mass is 10.1. The van der Waals surface area contributed by atoms with Gasteiger partial charge >= 0.3 is 0 Å². The summed E-state index contributed by atoms with van der Waals surface area (Å²) in [6, 6.07) is 1.26. The normalized spacial score (nSPS) is 12.0. The van der Waals surface area contributed by atoms with Crippen molar-refractivity contribution in [2.24, 2.45) is 0 Å². The maximum Gasteiger partial charge on any atom is 0.186 e. The summed E-state index contributed by atoms with van der Waals surface area (Å²) in [7, 11) is -1.37. The lowest BCUT2D eigenvalue weighted by molar-refractivity contribution is 0.293. The Hall–Kier alpha value is 0.527. The van der Waals surface area contributed by atoms with Crippen LogP contribution in [-0.4, -0.2) is 20.7 Å². The summed E-state index contributed by atoms with van der Waals surface area (Å²) in [5.41, 5.74) is 0. The number of unbranched alkanes of at least 4 members (excludes halogenated alkanes) is 9. The second-order valence-corrected chi connectivity index (χ2v) is 11.4. The largest absolute Gasteiger partial charge is 0.417 e. The molecule has 3 heteroatoms. The van der Waals surface area contributed by atoms with Gasteiger partial charge in [-0.15, -0.1) is 0 Å². The molecule has 0 aliphatic heterocycles. The summed E-state index contributed by atoms with van der Waals surface area (Å²) in [5.74, 6) is 0.998. The molecule has 20 heavy (non-hydrogen) atoms. The summed E-state index contributed by atoms with van der Waals surface area (Å²) in [6.07, 6.45) is 15.2. The molecule has 0 spiro atoms. The molecule has 0 aliphatic rings. The van der Waals surface area contributed by atoms with E-state index in [-0.39, 0.29) is 0 Å². The van der Waals surface area contributed by atoms with Gasteiger partial charge in [0.25, 0.3) is 0 Å². The van der Waals surface area contributed by atoms with Crippen LogP contribution < -0.4 is 0 Å². The highest BCUT2D eigenvalue weighted by Crippen LogP contribution is 2.15. The first-order valence-electron chi connectivity index (χ1n) is 8.87. The van der Waals surface area contributed by atoms with Gasteiger partial charge in [-0.1, -0.05) is 64.7 Å². The molecule has 122 valence electrons. The summed E-state index contributed by atoms with van der Waals surface area (Å²) < 4.78 is 6.11. The van der Waals surface area contributed by atoms with Crippen molar-refractivity contribution < 1.29 is 4.43 Å². The SMILES string of the molecule is CCCCCCCCCCCCO[Si](C)(C)CCCS. The molecule has 0 saturated heterocycles. The quantitative estimate of drug-likeness (QED) is 0.207. The van der Waals surface area contributed by atoms with Gasteiger partial charge in [-0.05, 0) is 37.7 Å². The minimum Gasteiger partial charge on any atom is -0.417 e. The second-order valence-electron chi connectivity index (χ2n) is 6.62. The Morgan fingerprint density at radius 2 is 1.25 bits per heavy atom. The number of thiol groups is 1. The third-order valence-corrected chi connectivity index (χ3v) is 6.79. The van der Waals surface area contributed by atoms with Crippen molar-refractivity contribution in [2.75, 3.05) is 12.4 Å². The molecule has 0 heterocycles. The van der Waals surface area contributed by atoms with Crippen molar-refractivity contribution in [3.8, 4) is 0 Å². The Morgan fingerprint density at radius 3 is 1.75 bits per heavy atom. The summed E-state index contributed by atoms with van der Waals surface area (Å²) in [5, 5.41) is 0. The molecule has 0 aromatic rings. The van der Waals surface area contributed by atoms with Gasteiger partial charge in [-0.3, -0.25) is 0 Å². The first kappa shape index (κ1) is 20.5. The Bertz CT molecular complexity index is 197. The molecule has 0 radical (unpaired) electrons. The molecular formula is C17H38OSSi. The van der Waals surface area contributed by atoms with Crippen LogP contribution >= 0.6 is 12.6 Å². The van der Waals surface area contributed by atoms with Gasteiger partial charge in [0.05, 0.1) is 0 Å². The average molecular weight is 319 g/mol. The summed E-state index contributed by atoms with van der Waals surface area (Å²) >= 11 is 4.28. The molecule has 0 amide bonds. The van der Waals surface area contributed by atoms with E-state index in [2.05, 4.69) is 32.6 Å². The Labute approximate surface area is 134 Å². The predicted octanol–water partition coefficient (Wildman–Crippen LogP) is 6.45. The number of hydrogen-bond donors (Lipinski definition) is 1. The predicted molar refractivity (Wildman–Crippen MR) is 98.6 cm³/mol. The van der Waals surface area contributed by atoms with Gasteiger partial charge in [0.15, 0.2) is 8.32 Å². The molecular weight excluding hydrogens is 280 g/mol. The van der Waals surface area contributed by atoms with E-state index in [0.717, 1.165) is 12.4 Å². The highest BCUT2D eigenvalue weighted by atomic mass is 32.1. The van der Waals surface area contributed by atoms with E-state index in [9.17, 15) is 0 Å². The Morgan fingerprint density at radius 1 is 0.750 bits per heavy atom. The van der Waals surface area contributed by atoms with Crippen LogP contribution in [0, 0.1) is 0 Å². The minimum atomic E-state index is -1.37. The topological polar surface area (TPSA) is 9.23 Å². The lowest BCUT2D eigenvalue weighted by Gasteiger charge is -2.22. The van der Waals surface area contributed by atoms with Crippen molar-refractivity contribution in [3.05, 3.63) is 0 Å². The van der Waals surface area contributed by atoms with Gasteiger partial charge in [0.2, 0.25) is 0 Å². The maximum atomic E-state index is 6.11. The van der Waals surface area contributed by atoms with Crippen LogP contribution in [0.2, 0.25) is 19.1 Å². The van der Waals surface area contributed by atoms with Crippen LogP contribution in [0.15, 0.2) is 0 Å². The van der Waals surface area contributed by atoms with Crippen molar-refractivity contribution in [1.82, 2.24) is 0 Å². The Balaban J connectivity index is 3.20. The Kier molecular flexibility index (Phi) is 14.8. The van der Waals surface area contributed by atoms with Gasteiger partial charge in [0.1, 0.15) is 0 Å². The highest BCUT2D eigenvalue weighted by Gasteiger charge is 2.20. The van der Waals surface area contributed by atoms with Gasteiger partial charge in [-0.2, -0.15) is 12.6 Å². The van der Waals surface area contributed by atoms with Crippen LogP contribution in [0.4, 0.5) is 0 Å². The zero-order chi connectivity index (χ0) is 15.1. The van der Waals surface area contributed by atoms with E-state index in [0.29, 0.717) is 0 Å². The second kappa shape index (κ2) is 14.5. The summed E-state index contributed by atoms with van der Waals surface area (Å²) in [6.45, 7) is 7.95. The van der Waals surface area contributed by atoms with Crippen molar-refractivity contribution in [1.29, 1.82) is 0 Å². The fourth-order valence-corrected chi connectivity index (χ4v) is 4.84. The fourth-order valence-electron chi connectivity index (χ4n) is 2.51. The molecule has 0 saturated carbocycles. The van der Waals surface area contributed by atoms with Crippen molar-refractivity contribution in [3.63, 3.8) is 0 Å². The first-order valence-corrected chi connectivity index (χ1v) is 12.6. The molecule has 0 atom stereocenters. The van der Waals surface area contributed by atoms with E-state index in [1.54, 1.807) is 0 Å². The van der Waals surface area contributed by atoms with Crippen molar-refractivity contribution >= 4 is 20.9 Å². The monoisotopic (exact) mass is 318 g/mol. The fraction of sp³-hybridized carbons (Fsp3) is 1.00. The molecule has 0 aliphatic carbocycles. The average Bonchev–Trinajstić information content (AvgIpc) is 2.42. The molecule has 0 rings (SSSR count). The zero-order valence-corrected chi connectivity index (χ0v) is 16.1. The van der Waals surface area contributed by atoms with Crippen molar-refractivity contribution in [2.45, 2.75) is 96.7 Å². The van der Waals surface area contributed by atoms with Gasteiger partial charge in [-0.25, -0.2) is 0 Å². The van der Waals surface area contributed by atoms with E-state index in [1.165, 1.54) is 76.7 Å². The third-order valence-electron chi connectivity index (χ3n) is 3.93. The lowest BCUT2D eigenvalue weighted by Crippen LogP contribution is -2.30. The van der Waals surface area contributed by atoms with Crippen LogP contribution in [-0.2, 0) is 4.43 Å². The van der Waals surface area contributed by atoms with Crippen LogP contribution in [0.5, 0.6) is 0 Å². The molecule has 0 aromatic heterocycles. The smallest absolute Gasteiger partial charge is 0.186 e. The highest BCUT2D eigenvalue weighted by molar-refractivity contribution is 7.80. The van der Waals surface area contributed by atoms with Crippen LogP contribution in [0.3, 0.4) is 0 Å². The molecule has 0 N–H and O–H groups in total. The summed E-state index contributed by atoms with van der Waals surface area (Å²) in [4.78, 5) is 0. The number of hydrogen-bond acceptors (Lipinski definition) is 2. The minimum absolute atomic E-state index is 0.988. The van der Waals surface area contributed by atoms with Crippen LogP contribution in [0.1, 0.15) is 77.6 Å². The maximum absolute atomic E-state index is 6.11. The standard InChI is InChI=1S/C17H38OSSi/c1-4-5-6-7-8-9-10-11-12-13-15-18-20(2,3)17-14-16-19/h19H,4-17H2,1-3H3. The third kappa shape index (κ3) is 14.9. The molecule has 0 fully saturated rings. The number of rotatable bonds is 15. The van der Waals surface area contributed by atoms with E-state index in [4.69, 9.17) is 4.43 Å². The molecule has 0 aromatic carbocycles.